The maximum Gasteiger partial charge on any atom is 0.244 e. The minimum atomic E-state index is -4.05. The molecule has 1 fully saturated rings. The van der Waals surface area contributed by atoms with Crippen LogP contribution < -0.4 is 9.62 Å². The monoisotopic (exact) mass is 541 g/mol. The highest BCUT2D eigenvalue weighted by molar-refractivity contribution is 7.92. The van der Waals surface area contributed by atoms with Crippen LogP contribution in [-0.4, -0.2) is 50.0 Å². The fourth-order valence-corrected chi connectivity index (χ4v) is 5.29. The number of amides is 2. The van der Waals surface area contributed by atoms with E-state index in [4.69, 9.17) is 11.6 Å². The predicted octanol–water partition coefficient (Wildman–Crippen LogP) is 4.25. The molecule has 2 aromatic rings. The molecule has 1 atom stereocenters. The number of nitrogens with zero attached hydrogens (tertiary/aromatic N) is 2. The third kappa shape index (κ3) is 7.16. The lowest BCUT2D eigenvalue weighted by molar-refractivity contribution is -0.140. The van der Waals surface area contributed by atoms with Gasteiger partial charge in [0.25, 0.3) is 0 Å². The van der Waals surface area contributed by atoms with Gasteiger partial charge in [-0.1, -0.05) is 43.5 Å². The highest BCUT2D eigenvalue weighted by Crippen LogP contribution is 2.23. The zero-order valence-corrected chi connectivity index (χ0v) is 21.8. The molecule has 3 rings (SSSR count). The molecular weight excluding hydrogens is 512 g/mol. The average molecular weight is 542 g/mol. The number of halogens is 3. The summed E-state index contributed by atoms with van der Waals surface area (Å²) in [7, 11) is -4.05. The van der Waals surface area contributed by atoms with E-state index >= 15 is 0 Å². The van der Waals surface area contributed by atoms with E-state index in [9.17, 15) is 26.8 Å². The standard InChI is InChI=1S/C25H30ClF2N3O4S/c1-3-23(25(33)29-19-6-4-5-7-19)30(15-17-8-10-18(26)11-9-17)24(32)16-31(36(2,34)35)20-12-13-21(27)22(28)14-20/h8-14,19,23H,3-7,15-16H2,1-2H3,(H,29,33)/t23-/m1/s1. The van der Waals surface area contributed by atoms with Gasteiger partial charge in [-0.15, -0.1) is 0 Å². The lowest BCUT2D eigenvalue weighted by Gasteiger charge is -2.33. The van der Waals surface area contributed by atoms with Crippen LogP contribution in [0.5, 0.6) is 0 Å². The average Bonchev–Trinajstić information content (AvgIpc) is 3.32. The molecule has 0 aliphatic heterocycles. The third-order valence-electron chi connectivity index (χ3n) is 6.22. The molecule has 1 saturated carbocycles. The van der Waals surface area contributed by atoms with Crippen molar-refractivity contribution in [2.45, 2.75) is 57.7 Å². The number of carbonyl (C=O) groups excluding carboxylic acids is 2. The minimum Gasteiger partial charge on any atom is -0.352 e. The molecule has 0 bridgehead atoms. The first kappa shape index (κ1) is 27.9. The second-order valence-corrected chi connectivity index (χ2v) is 11.3. The molecule has 1 aliphatic carbocycles. The molecule has 0 unspecified atom stereocenters. The van der Waals surface area contributed by atoms with Crippen LogP contribution in [0.3, 0.4) is 0 Å². The third-order valence-corrected chi connectivity index (χ3v) is 7.62. The minimum absolute atomic E-state index is 0.0297. The highest BCUT2D eigenvalue weighted by atomic mass is 35.5. The summed E-state index contributed by atoms with van der Waals surface area (Å²) in [5.74, 6) is -3.36. The van der Waals surface area contributed by atoms with E-state index in [0.29, 0.717) is 21.3 Å². The Hall–Kier alpha value is -2.72. The predicted molar refractivity (Wildman–Crippen MR) is 135 cm³/mol. The molecule has 2 aromatic carbocycles. The first-order chi connectivity index (χ1) is 17.0. The Kier molecular flexibility index (Phi) is 9.30. The van der Waals surface area contributed by atoms with Gasteiger partial charge in [-0.2, -0.15) is 0 Å². The summed E-state index contributed by atoms with van der Waals surface area (Å²) in [4.78, 5) is 28.1. The summed E-state index contributed by atoms with van der Waals surface area (Å²) in [6, 6.07) is 8.52. The van der Waals surface area contributed by atoms with Crippen LogP contribution in [0.2, 0.25) is 5.02 Å². The van der Waals surface area contributed by atoms with E-state index in [-0.39, 0.29) is 24.2 Å². The van der Waals surface area contributed by atoms with Gasteiger partial charge in [0, 0.05) is 23.7 Å². The summed E-state index contributed by atoms with van der Waals surface area (Å²) in [5, 5.41) is 3.52. The normalized spacial score (nSPS) is 14.9. The Labute approximate surface area is 215 Å². The Bertz CT molecular complexity index is 1190. The SMILES string of the molecule is CC[C@H](C(=O)NC1CCCC1)N(Cc1ccc(Cl)cc1)C(=O)CN(c1ccc(F)c(F)c1)S(C)(=O)=O. The van der Waals surface area contributed by atoms with Crippen LogP contribution >= 0.6 is 11.6 Å². The van der Waals surface area contributed by atoms with Crippen LogP contribution in [0, 0.1) is 11.6 Å². The van der Waals surface area contributed by atoms with Crippen molar-refractivity contribution in [2.24, 2.45) is 0 Å². The van der Waals surface area contributed by atoms with Crippen molar-refractivity contribution in [1.29, 1.82) is 0 Å². The lowest BCUT2D eigenvalue weighted by Crippen LogP contribution is -2.53. The summed E-state index contributed by atoms with van der Waals surface area (Å²) in [5.41, 5.74) is 0.498. The van der Waals surface area contributed by atoms with Crippen molar-refractivity contribution in [1.82, 2.24) is 10.2 Å². The molecule has 2 amide bonds. The Balaban J connectivity index is 1.92. The summed E-state index contributed by atoms with van der Waals surface area (Å²) in [6.07, 6.45) is 4.94. The van der Waals surface area contributed by atoms with Crippen LogP contribution in [0.25, 0.3) is 0 Å². The Morgan fingerprint density at radius 1 is 1.08 bits per heavy atom. The summed E-state index contributed by atoms with van der Waals surface area (Å²) >= 11 is 5.98. The molecular formula is C25H30ClF2N3O4S. The van der Waals surface area contributed by atoms with Crippen LogP contribution in [0.1, 0.15) is 44.6 Å². The van der Waals surface area contributed by atoms with Gasteiger partial charge in [-0.05, 0) is 49.1 Å². The number of hydrogen-bond donors (Lipinski definition) is 1. The Morgan fingerprint density at radius 3 is 2.28 bits per heavy atom. The Morgan fingerprint density at radius 2 is 1.72 bits per heavy atom. The molecule has 0 saturated heterocycles. The molecule has 0 radical (unpaired) electrons. The number of sulfonamides is 1. The van der Waals surface area contributed by atoms with E-state index in [1.165, 1.54) is 4.90 Å². The van der Waals surface area contributed by atoms with E-state index < -0.39 is 40.2 Å². The zero-order valence-electron chi connectivity index (χ0n) is 20.2. The van der Waals surface area contributed by atoms with Gasteiger partial charge in [0.1, 0.15) is 12.6 Å². The van der Waals surface area contributed by atoms with Gasteiger partial charge in [0.15, 0.2) is 11.6 Å². The van der Waals surface area contributed by atoms with E-state index in [0.717, 1.165) is 50.1 Å². The number of nitrogens with one attached hydrogen (secondary N) is 1. The number of rotatable bonds is 10. The van der Waals surface area contributed by atoms with Gasteiger partial charge in [0.05, 0.1) is 11.9 Å². The topological polar surface area (TPSA) is 86.8 Å². The smallest absolute Gasteiger partial charge is 0.244 e. The van der Waals surface area contributed by atoms with Crippen LogP contribution in [0.4, 0.5) is 14.5 Å². The van der Waals surface area contributed by atoms with Crippen LogP contribution in [0.15, 0.2) is 42.5 Å². The zero-order chi connectivity index (χ0) is 26.5. The largest absolute Gasteiger partial charge is 0.352 e. The van der Waals surface area contributed by atoms with Crippen molar-refractivity contribution < 1.29 is 26.8 Å². The van der Waals surface area contributed by atoms with E-state index in [2.05, 4.69) is 5.32 Å². The number of benzene rings is 2. The van der Waals surface area contributed by atoms with Crippen molar-refractivity contribution in [3.05, 3.63) is 64.7 Å². The van der Waals surface area contributed by atoms with Gasteiger partial charge in [0.2, 0.25) is 21.8 Å². The summed E-state index contributed by atoms with van der Waals surface area (Å²) in [6.45, 7) is 1.11. The maximum absolute atomic E-state index is 13.9. The molecule has 196 valence electrons. The lowest BCUT2D eigenvalue weighted by atomic mass is 10.1. The first-order valence-electron chi connectivity index (χ1n) is 11.8. The van der Waals surface area contributed by atoms with Gasteiger partial charge < -0.3 is 10.2 Å². The molecule has 0 spiro atoms. The number of hydrogen-bond acceptors (Lipinski definition) is 4. The van der Waals surface area contributed by atoms with Gasteiger partial charge in [-0.25, -0.2) is 17.2 Å². The van der Waals surface area contributed by atoms with Gasteiger partial charge >= 0.3 is 0 Å². The van der Waals surface area contributed by atoms with Crippen molar-refractivity contribution in [3.8, 4) is 0 Å². The van der Waals surface area contributed by atoms with Gasteiger partial charge in [-0.3, -0.25) is 13.9 Å². The number of carbonyl (C=O) groups is 2. The van der Waals surface area contributed by atoms with Crippen molar-refractivity contribution in [3.63, 3.8) is 0 Å². The molecule has 36 heavy (non-hydrogen) atoms. The maximum atomic E-state index is 13.9. The van der Waals surface area contributed by atoms with Crippen LogP contribution in [-0.2, 0) is 26.2 Å². The first-order valence-corrected chi connectivity index (χ1v) is 14.0. The molecule has 0 aromatic heterocycles. The second kappa shape index (κ2) is 12.0. The van der Waals surface area contributed by atoms with Crippen molar-refractivity contribution >= 4 is 39.1 Å². The summed E-state index contributed by atoms with van der Waals surface area (Å²) < 4.78 is 53.1. The number of anilines is 1. The van der Waals surface area contributed by atoms with E-state index in [1.54, 1.807) is 31.2 Å². The molecule has 1 aliphatic rings. The fourth-order valence-electron chi connectivity index (χ4n) is 4.33. The molecule has 7 nitrogen and oxygen atoms in total. The fraction of sp³-hybridized carbons (Fsp3) is 0.440. The molecule has 0 heterocycles. The second-order valence-electron chi connectivity index (χ2n) is 8.93. The highest BCUT2D eigenvalue weighted by Gasteiger charge is 2.33. The van der Waals surface area contributed by atoms with Crippen molar-refractivity contribution in [2.75, 3.05) is 17.1 Å². The van der Waals surface area contributed by atoms with E-state index in [1.807, 2.05) is 0 Å². The quantitative estimate of drug-likeness (QED) is 0.487. The molecule has 11 heteroatoms. The molecule has 1 N–H and O–H groups in total.